The second-order valence-corrected chi connectivity index (χ2v) is 6.28. The van der Waals surface area contributed by atoms with Crippen molar-refractivity contribution in [2.24, 2.45) is 0 Å². The van der Waals surface area contributed by atoms with E-state index in [4.69, 9.17) is 17.3 Å². The van der Waals surface area contributed by atoms with Crippen LogP contribution in [-0.4, -0.2) is 35.6 Å². The molecule has 0 saturated carbocycles. The molecule has 5 nitrogen and oxygen atoms in total. The lowest BCUT2D eigenvalue weighted by Crippen LogP contribution is -2.28. The lowest BCUT2D eigenvalue weighted by Gasteiger charge is -2.21. The Labute approximate surface area is 153 Å². The number of hydrogen-bond acceptors (Lipinski definition) is 4. The molecule has 0 atom stereocenters. The summed E-state index contributed by atoms with van der Waals surface area (Å²) in [4.78, 5) is 14.2. The number of rotatable bonds is 9. The molecule has 4 N–H and O–H groups in total. The summed E-state index contributed by atoms with van der Waals surface area (Å²) in [5, 5.41) is 12.5. The minimum atomic E-state index is -0.0877. The number of aliphatic hydroxyl groups is 1. The van der Waals surface area contributed by atoms with E-state index in [0.29, 0.717) is 35.8 Å². The standard InChI is InChI=1S/C19H24ClN3O2/c20-17-13-16(21)8-9-18(17)22-19(25)7-4-10-23(11-12-24)14-15-5-2-1-3-6-15/h1-3,5-6,8-9,13,24H,4,7,10-12,14,21H2,(H,22,25). The number of carbonyl (C=O) groups excluding carboxylic acids is 1. The van der Waals surface area contributed by atoms with Crippen LogP contribution < -0.4 is 11.1 Å². The van der Waals surface area contributed by atoms with Crippen molar-refractivity contribution in [3.05, 3.63) is 59.1 Å². The van der Waals surface area contributed by atoms with Crippen molar-refractivity contribution < 1.29 is 9.90 Å². The molecule has 0 saturated heterocycles. The number of anilines is 2. The lowest BCUT2D eigenvalue weighted by atomic mass is 10.2. The number of nitrogens with zero attached hydrogens (tertiary/aromatic N) is 1. The number of hydrogen-bond donors (Lipinski definition) is 3. The molecule has 1 amide bonds. The van der Waals surface area contributed by atoms with Gasteiger partial charge < -0.3 is 16.2 Å². The molecule has 0 aliphatic heterocycles. The van der Waals surface area contributed by atoms with Gasteiger partial charge in [-0.3, -0.25) is 9.69 Å². The van der Waals surface area contributed by atoms with Crippen LogP contribution in [0.3, 0.4) is 0 Å². The molecule has 2 aromatic carbocycles. The van der Waals surface area contributed by atoms with Crippen molar-refractivity contribution in [1.82, 2.24) is 4.90 Å². The number of aliphatic hydroxyl groups excluding tert-OH is 1. The van der Waals surface area contributed by atoms with E-state index < -0.39 is 0 Å². The topological polar surface area (TPSA) is 78.6 Å². The Morgan fingerprint density at radius 3 is 2.60 bits per heavy atom. The van der Waals surface area contributed by atoms with Crippen LogP contribution in [0, 0.1) is 0 Å². The molecular formula is C19H24ClN3O2. The normalized spacial score (nSPS) is 10.8. The first-order valence-electron chi connectivity index (χ1n) is 8.30. The van der Waals surface area contributed by atoms with Gasteiger partial charge in [-0.1, -0.05) is 41.9 Å². The van der Waals surface area contributed by atoms with Gasteiger partial charge in [-0.2, -0.15) is 0 Å². The maximum atomic E-state index is 12.1. The van der Waals surface area contributed by atoms with E-state index in [2.05, 4.69) is 22.3 Å². The summed E-state index contributed by atoms with van der Waals surface area (Å²) in [5.74, 6) is -0.0877. The molecule has 2 aromatic rings. The first kappa shape index (κ1) is 19.2. The van der Waals surface area contributed by atoms with E-state index in [-0.39, 0.29) is 12.5 Å². The van der Waals surface area contributed by atoms with Gasteiger partial charge in [0.2, 0.25) is 5.91 Å². The number of nitrogens with two attached hydrogens (primary N) is 1. The number of nitrogen functional groups attached to an aromatic ring is 1. The average molecular weight is 362 g/mol. The molecular weight excluding hydrogens is 338 g/mol. The van der Waals surface area contributed by atoms with Crippen LogP contribution in [0.5, 0.6) is 0 Å². The van der Waals surface area contributed by atoms with Crippen LogP contribution in [0.25, 0.3) is 0 Å². The van der Waals surface area contributed by atoms with Crippen LogP contribution >= 0.6 is 11.6 Å². The van der Waals surface area contributed by atoms with Crippen LogP contribution in [-0.2, 0) is 11.3 Å². The van der Waals surface area contributed by atoms with Gasteiger partial charge in [-0.05, 0) is 36.7 Å². The summed E-state index contributed by atoms with van der Waals surface area (Å²) < 4.78 is 0. The Morgan fingerprint density at radius 1 is 1.16 bits per heavy atom. The van der Waals surface area contributed by atoms with Crippen LogP contribution in [0.4, 0.5) is 11.4 Å². The largest absolute Gasteiger partial charge is 0.399 e. The minimum Gasteiger partial charge on any atom is -0.399 e. The second kappa shape index (κ2) is 10.0. The van der Waals surface area contributed by atoms with E-state index >= 15 is 0 Å². The predicted octanol–water partition coefficient (Wildman–Crippen LogP) is 3.14. The fourth-order valence-electron chi connectivity index (χ4n) is 2.56. The third-order valence-electron chi connectivity index (χ3n) is 3.81. The Balaban J connectivity index is 1.79. The first-order chi connectivity index (χ1) is 12.1. The number of carbonyl (C=O) groups is 1. The van der Waals surface area contributed by atoms with E-state index in [9.17, 15) is 9.90 Å². The number of amides is 1. The van der Waals surface area contributed by atoms with Crippen molar-refractivity contribution in [3.63, 3.8) is 0 Å². The van der Waals surface area contributed by atoms with Crippen molar-refractivity contribution in [1.29, 1.82) is 0 Å². The SMILES string of the molecule is Nc1ccc(NC(=O)CCCN(CCO)Cc2ccccc2)c(Cl)c1. The van der Waals surface area contributed by atoms with Gasteiger partial charge in [0.1, 0.15) is 0 Å². The van der Waals surface area contributed by atoms with Crippen molar-refractivity contribution in [3.8, 4) is 0 Å². The average Bonchev–Trinajstić information content (AvgIpc) is 2.58. The molecule has 0 aromatic heterocycles. The van der Waals surface area contributed by atoms with E-state index in [1.54, 1.807) is 18.2 Å². The summed E-state index contributed by atoms with van der Waals surface area (Å²) >= 11 is 6.06. The Hall–Kier alpha value is -2.08. The molecule has 0 fully saturated rings. The first-order valence-corrected chi connectivity index (χ1v) is 8.68. The highest BCUT2D eigenvalue weighted by molar-refractivity contribution is 6.34. The van der Waals surface area contributed by atoms with E-state index in [1.807, 2.05) is 18.2 Å². The third kappa shape index (κ3) is 6.74. The van der Waals surface area contributed by atoms with Gasteiger partial charge in [0, 0.05) is 25.2 Å². The molecule has 25 heavy (non-hydrogen) atoms. The molecule has 0 aliphatic rings. The summed E-state index contributed by atoms with van der Waals surface area (Å²) in [6.07, 6.45) is 1.09. The quantitative estimate of drug-likeness (QED) is 0.599. The molecule has 0 unspecified atom stereocenters. The molecule has 0 heterocycles. The molecule has 0 aliphatic carbocycles. The predicted molar refractivity (Wildman–Crippen MR) is 103 cm³/mol. The van der Waals surface area contributed by atoms with Crippen molar-refractivity contribution in [2.75, 3.05) is 30.7 Å². The van der Waals surface area contributed by atoms with Gasteiger partial charge in [0.05, 0.1) is 17.3 Å². The van der Waals surface area contributed by atoms with Crippen molar-refractivity contribution in [2.45, 2.75) is 19.4 Å². The fraction of sp³-hybridized carbons (Fsp3) is 0.316. The molecule has 0 bridgehead atoms. The monoisotopic (exact) mass is 361 g/mol. The van der Waals surface area contributed by atoms with Crippen molar-refractivity contribution >= 4 is 28.9 Å². The number of nitrogens with one attached hydrogen (secondary N) is 1. The molecule has 0 spiro atoms. The fourth-order valence-corrected chi connectivity index (χ4v) is 2.80. The smallest absolute Gasteiger partial charge is 0.224 e. The molecule has 134 valence electrons. The summed E-state index contributed by atoms with van der Waals surface area (Å²) in [6.45, 7) is 2.17. The number of benzene rings is 2. The van der Waals surface area contributed by atoms with Crippen LogP contribution in [0.2, 0.25) is 5.02 Å². The van der Waals surface area contributed by atoms with Crippen LogP contribution in [0.15, 0.2) is 48.5 Å². The third-order valence-corrected chi connectivity index (χ3v) is 4.12. The highest BCUT2D eigenvalue weighted by atomic mass is 35.5. The van der Waals surface area contributed by atoms with Gasteiger partial charge in [-0.25, -0.2) is 0 Å². The zero-order valence-corrected chi connectivity index (χ0v) is 14.9. The highest BCUT2D eigenvalue weighted by Crippen LogP contribution is 2.24. The number of halogens is 1. The zero-order valence-electron chi connectivity index (χ0n) is 14.1. The summed E-state index contributed by atoms with van der Waals surface area (Å²) in [5.41, 5.74) is 7.96. The van der Waals surface area contributed by atoms with E-state index in [1.165, 1.54) is 5.56 Å². The maximum Gasteiger partial charge on any atom is 0.224 e. The maximum absolute atomic E-state index is 12.1. The molecule has 0 radical (unpaired) electrons. The van der Waals surface area contributed by atoms with Gasteiger partial charge >= 0.3 is 0 Å². The molecule has 6 heteroatoms. The molecule has 2 rings (SSSR count). The Kier molecular flexibility index (Phi) is 7.73. The van der Waals surface area contributed by atoms with Gasteiger partial charge in [0.25, 0.3) is 0 Å². The Morgan fingerprint density at radius 2 is 1.92 bits per heavy atom. The van der Waals surface area contributed by atoms with Crippen LogP contribution in [0.1, 0.15) is 18.4 Å². The summed E-state index contributed by atoms with van der Waals surface area (Å²) in [6, 6.07) is 15.1. The highest BCUT2D eigenvalue weighted by Gasteiger charge is 2.09. The van der Waals surface area contributed by atoms with Gasteiger partial charge in [-0.15, -0.1) is 0 Å². The zero-order chi connectivity index (χ0) is 18.1. The minimum absolute atomic E-state index is 0.0877. The second-order valence-electron chi connectivity index (χ2n) is 5.88. The lowest BCUT2D eigenvalue weighted by molar-refractivity contribution is -0.116. The van der Waals surface area contributed by atoms with E-state index in [0.717, 1.165) is 13.1 Å². The Bertz CT molecular complexity index is 680. The van der Waals surface area contributed by atoms with Gasteiger partial charge in [0.15, 0.2) is 0 Å². The summed E-state index contributed by atoms with van der Waals surface area (Å²) in [7, 11) is 0.